The molecule has 0 amide bonds. The smallest absolute Gasteiger partial charge is 0.0896 e. The van der Waals surface area contributed by atoms with Gasteiger partial charge in [-0.25, -0.2) is 0 Å². The highest BCUT2D eigenvalue weighted by molar-refractivity contribution is 5.02. The van der Waals surface area contributed by atoms with Crippen LogP contribution in [0.15, 0.2) is 0 Å². The molecule has 30 heavy (non-hydrogen) atoms. The van der Waals surface area contributed by atoms with Crippen LogP contribution in [-0.4, -0.2) is 91.0 Å². The molecule has 0 aliphatic carbocycles. The van der Waals surface area contributed by atoms with E-state index < -0.39 is 0 Å². The van der Waals surface area contributed by atoms with Gasteiger partial charge in [0.05, 0.1) is 91.0 Å². The molecule has 5 aliphatic heterocycles. The molecule has 0 aromatic carbocycles. The molecule has 172 valence electrons. The Morgan fingerprint density at radius 1 is 0.700 bits per heavy atom. The summed E-state index contributed by atoms with van der Waals surface area (Å²) in [6.07, 6.45) is 1.41. The minimum absolute atomic E-state index is 0.0984. The molecule has 7 heteroatoms. The van der Waals surface area contributed by atoms with E-state index in [1.54, 1.807) is 0 Å². The first-order valence-electron chi connectivity index (χ1n) is 11.5. The molecule has 0 aromatic rings. The van der Waals surface area contributed by atoms with E-state index in [-0.39, 0.29) is 34.6 Å². The molecule has 5 heterocycles. The molecule has 5 aliphatic rings. The zero-order chi connectivity index (χ0) is 20.8. The maximum atomic E-state index is 6.41. The lowest BCUT2D eigenvalue weighted by Gasteiger charge is -2.41. The molecular weight excluding hydrogens is 388 g/mol. The molecule has 5 rings (SSSR count). The van der Waals surface area contributed by atoms with Crippen molar-refractivity contribution in [1.82, 2.24) is 0 Å². The summed E-state index contributed by atoms with van der Waals surface area (Å²) in [6, 6.07) is 0. The molecule has 5 unspecified atom stereocenters. The zero-order valence-electron chi connectivity index (χ0n) is 18.7. The number of fused-ring (bicyclic) bond motifs is 2. The van der Waals surface area contributed by atoms with Crippen LogP contribution >= 0.6 is 0 Å². The van der Waals surface area contributed by atoms with Gasteiger partial charge in [0, 0.05) is 34.5 Å². The lowest BCUT2D eigenvalue weighted by atomic mass is 9.78. The molecular formula is C23H38O7. The van der Waals surface area contributed by atoms with Crippen LogP contribution in [0.5, 0.6) is 0 Å². The minimum atomic E-state index is 0.0984. The van der Waals surface area contributed by atoms with Crippen molar-refractivity contribution in [1.29, 1.82) is 0 Å². The Kier molecular flexibility index (Phi) is 5.93. The van der Waals surface area contributed by atoms with Crippen molar-refractivity contribution in [2.75, 3.05) is 72.7 Å². The van der Waals surface area contributed by atoms with Gasteiger partial charge in [-0.1, -0.05) is 20.8 Å². The summed E-state index contributed by atoms with van der Waals surface area (Å²) >= 11 is 0. The van der Waals surface area contributed by atoms with Gasteiger partial charge < -0.3 is 33.2 Å². The monoisotopic (exact) mass is 426 g/mol. The van der Waals surface area contributed by atoms with Gasteiger partial charge in [0.1, 0.15) is 0 Å². The summed E-state index contributed by atoms with van der Waals surface area (Å²) in [5.41, 5.74) is 0.503. The SMILES string of the molecule is CC1(COCC2C3CC(OCC4(C)COC4)C(O3)C2COCC2(C)COC2)COC1. The summed E-state index contributed by atoms with van der Waals surface area (Å²) in [4.78, 5) is 0. The van der Waals surface area contributed by atoms with E-state index in [0.29, 0.717) is 18.4 Å². The summed E-state index contributed by atoms with van der Waals surface area (Å²) in [7, 11) is 0. The van der Waals surface area contributed by atoms with Gasteiger partial charge in [0.2, 0.25) is 0 Å². The topological polar surface area (TPSA) is 64.6 Å². The third-order valence-electron chi connectivity index (χ3n) is 7.48. The van der Waals surface area contributed by atoms with Crippen molar-refractivity contribution in [3.8, 4) is 0 Å². The van der Waals surface area contributed by atoms with Gasteiger partial charge in [-0.05, 0) is 0 Å². The summed E-state index contributed by atoms with van der Waals surface area (Å²) in [6.45, 7) is 15.1. The summed E-state index contributed by atoms with van der Waals surface area (Å²) in [5, 5.41) is 0. The Morgan fingerprint density at radius 3 is 1.70 bits per heavy atom. The van der Waals surface area contributed by atoms with Crippen LogP contribution in [0.3, 0.4) is 0 Å². The van der Waals surface area contributed by atoms with Gasteiger partial charge in [-0.3, -0.25) is 0 Å². The quantitative estimate of drug-likeness (QED) is 0.500. The van der Waals surface area contributed by atoms with Crippen molar-refractivity contribution in [2.45, 2.75) is 45.5 Å². The van der Waals surface area contributed by atoms with Gasteiger partial charge in [-0.15, -0.1) is 0 Å². The minimum Gasteiger partial charge on any atom is -0.380 e. The van der Waals surface area contributed by atoms with E-state index in [2.05, 4.69) is 20.8 Å². The Hall–Kier alpha value is -0.280. The molecule has 5 atom stereocenters. The van der Waals surface area contributed by atoms with E-state index in [0.717, 1.165) is 72.5 Å². The second-order valence-electron chi connectivity index (χ2n) is 11.5. The van der Waals surface area contributed by atoms with Gasteiger partial charge in [0.15, 0.2) is 0 Å². The van der Waals surface area contributed by atoms with E-state index in [1.807, 2.05) is 0 Å². The van der Waals surface area contributed by atoms with E-state index in [9.17, 15) is 0 Å². The van der Waals surface area contributed by atoms with Gasteiger partial charge in [-0.2, -0.15) is 0 Å². The second-order valence-corrected chi connectivity index (χ2v) is 11.5. The molecule has 0 N–H and O–H groups in total. The van der Waals surface area contributed by atoms with Crippen molar-refractivity contribution >= 4 is 0 Å². The van der Waals surface area contributed by atoms with Crippen LogP contribution in [-0.2, 0) is 33.2 Å². The molecule has 0 aromatic heterocycles. The van der Waals surface area contributed by atoms with Gasteiger partial charge in [0.25, 0.3) is 0 Å². The molecule has 7 nitrogen and oxygen atoms in total. The predicted octanol–water partition coefficient (Wildman–Crippen LogP) is 1.92. The fourth-order valence-electron chi connectivity index (χ4n) is 5.28. The lowest BCUT2D eigenvalue weighted by molar-refractivity contribution is -0.164. The fraction of sp³-hybridized carbons (Fsp3) is 1.00. The van der Waals surface area contributed by atoms with Crippen LogP contribution in [0, 0.1) is 28.1 Å². The normalized spacial score (nSPS) is 39.9. The largest absolute Gasteiger partial charge is 0.380 e. The average Bonchev–Trinajstić information content (AvgIpc) is 3.21. The van der Waals surface area contributed by atoms with E-state index in [1.165, 1.54) is 0 Å². The van der Waals surface area contributed by atoms with Crippen molar-refractivity contribution in [3.63, 3.8) is 0 Å². The third-order valence-corrected chi connectivity index (χ3v) is 7.48. The highest BCUT2D eigenvalue weighted by Gasteiger charge is 2.55. The number of hydrogen-bond donors (Lipinski definition) is 0. The predicted molar refractivity (Wildman–Crippen MR) is 108 cm³/mol. The zero-order valence-corrected chi connectivity index (χ0v) is 18.7. The van der Waals surface area contributed by atoms with Crippen LogP contribution in [0.1, 0.15) is 27.2 Å². The van der Waals surface area contributed by atoms with Crippen LogP contribution in [0.2, 0.25) is 0 Å². The number of ether oxygens (including phenoxy) is 7. The Morgan fingerprint density at radius 2 is 1.20 bits per heavy atom. The van der Waals surface area contributed by atoms with Crippen molar-refractivity contribution in [2.24, 2.45) is 28.1 Å². The molecule has 5 saturated heterocycles. The maximum Gasteiger partial charge on any atom is 0.0896 e. The molecule has 0 radical (unpaired) electrons. The number of rotatable bonds is 11. The Labute approximate surface area is 180 Å². The van der Waals surface area contributed by atoms with Gasteiger partial charge >= 0.3 is 0 Å². The van der Waals surface area contributed by atoms with E-state index in [4.69, 9.17) is 33.2 Å². The van der Waals surface area contributed by atoms with Crippen LogP contribution < -0.4 is 0 Å². The second kappa shape index (κ2) is 8.25. The average molecular weight is 427 g/mol. The van der Waals surface area contributed by atoms with Crippen molar-refractivity contribution in [3.05, 3.63) is 0 Å². The molecule has 0 saturated carbocycles. The molecule has 0 spiro atoms. The molecule has 2 bridgehead atoms. The summed E-state index contributed by atoms with van der Waals surface area (Å²) < 4.78 is 41.2. The first-order chi connectivity index (χ1) is 14.4. The fourth-order valence-corrected chi connectivity index (χ4v) is 5.28. The first-order valence-corrected chi connectivity index (χ1v) is 11.5. The first kappa shape index (κ1) is 21.6. The highest BCUT2D eigenvalue weighted by atomic mass is 16.6. The standard InChI is InChI=1S/C23H38O7/c1-21(9-26-10-21)7-24-5-16-17(6-25-8-22(2)11-27-12-22)20-19(4-18(16)30-20)29-15-23(3)13-28-14-23/h16-20H,4-15H2,1-3H3. The Bertz CT molecular complexity index is 596. The Balaban J connectivity index is 1.16. The lowest BCUT2D eigenvalue weighted by Crippen LogP contribution is -2.48. The van der Waals surface area contributed by atoms with Crippen LogP contribution in [0.25, 0.3) is 0 Å². The van der Waals surface area contributed by atoms with E-state index >= 15 is 0 Å². The van der Waals surface area contributed by atoms with Crippen LogP contribution in [0.4, 0.5) is 0 Å². The molecule has 5 fully saturated rings. The number of hydrogen-bond acceptors (Lipinski definition) is 7. The summed E-state index contributed by atoms with van der Waals surface area (Å²) in [5.74, 6) is 0.682. The third kappa shape index (κ3) is 4.32. The highest BCUT2D eigenvalue weighted by Crippen LogP contribution is 2.46. The van der Waals surface area contributed by atoms with Crippen molar-refractivity contribution < 1.29 is 33.2 Å². The maximum absolute atomic E-state index is 6.41.